The number of hydrogen-bond acceptors (Lipinski definition) is 5. The third kappa shape index (κ3) is 3.42. The summed E-state index contributed by atoms with van der Waals surface area (Å²) in [5.41, 5.74) is 1.94. The summed E-state index contributed by atoms with van der Waals surface area (Å²) in [7, 11) is -3.37. The molecule has 2 aliphatic rings. The first-order valence-electron chi connectivity index (χ1n) is 8.39. The van der Waals surface area contributed by atoms with Crippen LogP contribution in [0.15, 0.2) is 57.2 Å². The summed E-state index contributed by atoms with van der Waals surface area (Å²) < 4.78 is 27.2. The van der Waals surface area contributed by atoms with Gasteiger partial charge in [-0.2, -0.15) is 0 Å². The Hall–Kier alpha value is -1.54. The standard InChI is InChI=1S/C18H20N2O3S2/c21-25(22,17-7-4-12-24-17)20-10-8-18(9-11-20)14-16(19-23-18)13-15-5-2-1-3-6-15/h1-7,12H,8-11,13-14H2. The minimum absolute atomic E-state index is 0.328. The summed E-state index contributed by atoms with van der Waals surface area (Å²) in [4.78, 5) is 5.79. The molecule has 0 bridgehead atoms. The predicted octanol–water partition coefficient (Wildman–Crippen LogP) is 3.51. The molecule has 1 atom stereocenters. The third-order valence-corrected chi connectivity index (χ3v) is 8.14. The van der Waals surface area contributed by atoms with Crippen LogP contribution in [0.1, 0.15) is 24.8 Å². The maximum atomic E-state index is 12.6. The molecule has 2 aromatic rings. The van der Waals surface area contributed by atoms with E-state index in [-0.39, 0.29) is 5.60 Å². The largest absolute Gasteiger partial charge is 0.592 e. The molecule has 132 valence electrons. The van der Waals surface area contributed by atoms with E-state index < -0.39 is 10.4 Å². The van der Waals surface area contributed by atoms with Gasteiger partial charge in [0.15, 0.2) is 10.4 Å². The van der Waals surface area contributed by atoms with Crippen molar-refractivity contribution in [2.75, 3.05) is 13.1 Å². The topological polar surface area (TPSA) is 65.0 Å². The highest BCUT2D eigenvalue weighted by Gasteiger charge is 2.46. The van der Waals surface area contributed by atoms with E-state index in [0.29, 0.717) is 30.1 Å². The third-order valence-electron chi connectivity index (χ3n) is 4.87. The number of nitrogens with zero attached hydrogens (tertiary/aromatic N) is 2. The lowest BCUT2D eigenvalue weighted by atomic mass is 9.86. The van der Waals surface area contributed by atoms with Gasteiger partial charge in [0.2, 0.25) is 4.21 Å². The Kier molecular flexibility index (Phi) is 4.49. The SMILES string of the molecule is O=[S+]([O-])(c1cccs1)N1CCC2(CC1)CC(Cc1ccccc1)=NO2. The number of oxime groups is 1. The summed E-state index contributed by atoms with van der Waals surface area (Å²) in [6.07, 6.45) is 2.94. The Balaban J connectivity index is 1.37. The highest BCUT2D eigenvalue weighted by molar-refractivity contribution is 7.97. The number of sulfonamides is 1. The van der Waals surface area contributed by atoms with Crippen molar-refractivity contribution in [1.29, 1.82) is 0 Å². The smallest absolute Gasteiger partial charge is 0.229 e. The lowest BCUT2D eigenvalue weighted by Gasteiger charge is -2.37. The fourth-order valence-corrected chi connectivity index (χ4v) is 6.05. The summed E-state index contributed by atoms with van der Waals surface area (Å²) >= 11 is 1.27. The molecular weight excluding hydrogens is 356 g/mol. The van der Waals surface area contributed by atoms with Crippen LogP contribution in [0.25, 0.3) is 0 Å². The zero-order valence-corrected chi connectivity index (χ0v) is 15.4. The minimum Gasteiger partial charge on any atom is -0.592 e. The van der Waals surface area contributed by atoms with E-state index in [1.807, 2.05) is 18.2 Å². The first-order valence-corrected chi connectivity index (χ1v) is 10.7. The lowest BCUT2D eigenvalue weighted by molar-refractivity contribution is -0.0513. The van der Waals surface area contributed by atoms with Crippen molar-refractivity contribution in [3.8, 4) is 0 Å². The number of benzene rings is 1. The molecule has 0 amide bonds. The molecule has 1 aromatic carbocycles. The van der Waals surface area contributed by atoms with Gasteiger partial charge < -0.3 is 9.39 Å². The van der Waals surface area contributed by atoms with Crippen molar-refractivity contribution in [3.05, 3.63) is 53.4 Å². The van der Waals surface area contributed by atoms with Gasteiger partial charge in [0, 0.05) is 44.8 Å². The molecule has 5 nitrogen and oxygen atoms in total. The summed E-state index contributed by atoms with van der Waals surface area (Å²) in [5, 5.41) is 6.09. The molecule has 0 N–H and O–H groups in total. The monoisotopic (exact) mass is 376 g/mol. The van der Waals surface area contributed by atoms with E-state index in [1.165, 1.54) is 16.9 Å². The van der Waals surface area contributed by atoms with E-state index in [0.717, 1.165) is 18.6 Å². The number of piperidine rings is 1. The predicted molar refractivity (Wildman–Crippen MR) is 98.2 cm³/mol. The second kappa shape index (κ2) is 6.64. The van der Waals surface area contributed by atoms with Gasteiger partial charge in [-0.15, -0.1) is 4.31 Å². The van der Waals surface area contributed by atoms with Gasteiger partial charge in [0.1, 0.15) is 5.60 Å². The van der Waals surface area contributed by atoms with Crippen molar-refractivity contribution in [3.63, 3.8) is 0 Å². The zero-order chi connectivity index (χ0) is 17.3. The molecule has 0 radical (unpaired) electrons. The van der Waals surface area contributed by atoms with Gasteiger partial charge in [0.05, 0.1) is 5.71 Å². The van der Waals surface area contributed by atoms with Crippen LogP contribution >= 0.6 is 11.3 Å². The molecule has 1 aromatic heterocycles. The van der Waals surface area contributed by atoms with Crippen LogP contribution in [-0.4, -0.2) is 33.3 Å². The Morgan fingerprint density at radius 1 is 1.20 bits per heavy atom. The number of hydrogen-bond donors (Lipinski definition) is 0. The van der Waals surface area contributed by atoms with Crippen LogP contribution in [0.4, 0.5) is 0 Å². The van der Waals surface area contributed by atoms with Crippen molar-refractivity contribution >= 4 is 27.4 Å². The molecular formula is C18H20N2O3S2. The van der Waals surface area contributed by atoms with E-state index in [1.54, 1.807) is 21.8 Å². The molecule has 1 saturated heterocycles. The molecule has 7 heteroatoms. The van der Waals surface area contributed by atoms with Crippen molar-refractivity contribution in [2.45, 2.75) is 35.5 Å². The van der Waals surface area contributed by atoms with Crippen LogP contribution in [-0.2, 0) is 25.9 Å². The van der Waals surface area contributed by atoms with Gasteiger partial charge in [-0.3, -0.25) is 0 Å². The highest BCUT2D eigenvalue weighted by atomic mass is 32.3. The highest BCUT2D eigenvalue weighted by Crippen LogP contribution is 2.38. The summed E-state index contributed by atoms with van der Waals surface area (Å²) in [6, 6.07) is 13.7. The van der Waals surface area contributed by atoms with Gasteiger partial charge >= 0.3 is 0 Å². The molecule has 3 heterocycles. The Bertz CT molecular complexity index is 797. The van der Waals surface area contributed by atoms with Crippen molar-refractivity contribution in [1.82, 2.24) is 4.31 Å². The fourth-order valence-electron chi connectivity index (χ4n) is 3.46. The molecule has 1 fully saturated rings. The van der Waals surface area contributed by atoms with E-state index in [4.69, 9.17) is 4.84 Å². The van der Waals surface area contributed by atoms with Crippen LogP contribution in [0.3, 0.4) is 0 Å². The molecule has 0 saturated carbocycles. The van der Waals surface area contributed by atoms with Gasteiger partial charge in [-0.25, -0.2) is 0 Å². The van der Waals surface area contributed by atoms with E-state index >= 15 is 0 Å². The average molecular weight is 377 g/mol. The first-order chi connectivity index (χ1) is 12.1. The average Bonchev–Trinajstić information content (AvgIpc) is 3.28. The Labute approximate surface area is 152 Å². The normalized spacial score (nSPS) is 22.4. The second-order valence-corrected chi connectivity index (χ2v) is 9.72. The number of thiophene rings is 1. The lowest BCUT2D eigenvalue weighted by Crippen LogP contribution is -2.48. The van der Waals surface area contributed by atoms with Gasteiger partial charge in [0.25, 0.3) is 0 Å². The zero-order valence-electron chi connectivity index (χ0n) is 13.8. The summed E-state index contributed by atoms with van der Waals surface area (Å²) in [5.74, 6) is 0. The minimum atomic E-state index is -3.37. The Morgan fingerprint density at radius 3 is 2.64 bits per heavy atom. The second-order valence-electron chi connectivity index (χ2n) is 6.61. The molecule has 4 rings (SSSR count). The maximum absolute atomic E-state index is 12.6. The van der Waals surface area contributed by atoms with Crippen molar-refractivity contribution in [2.24, 2.45) is 5.16 Å². The van der Waals surface area contributed by atoms with E-state index in [2.05, 4.69) is 17.3 Å². The van der Waals surface area contributed by atoms with E-state index in [9.17, 15) is 8.76 Å². The number of rotatable bonds is 4. The van der Waals surface area contributed by atoms with Gasteiger partial charge in [-0.1, -0.05) is 51.0 Å². The van der Waals surface area contributed by atoms with Crippen LogP contribution < -0.4 is 0 Å². The Morgan fingerprint density at radius 2 is 1.96 bits per heavy atom. The maximum Gasteiger partial charge on any atom is 0.229 e. The van der Waals surface area contributed by atoms with Crippen LogP contribution in [0.2, 0.25) is 0 Å². The first kappa shape index (κ1) is 16.9. The fraction of sp³-hybridized carbons (Fsp3) is 0.389. The molecule has 1 unspecified atom stereocenters. The van der Waals surface area contributed by atoms with Crippen LogP contribution in [0.5, 0.6) is 0 Å². The summed E-state index contributed by atoms with van der Waals surface area (Å²) in [6.45, 7) is 0.961. The van der Waals surface area contributed by atoms with Crippen molar-refractivity contribution < 1.29 is 13.6 Å². The quantitative estimate of drug-likeness (QED) is 0.767. The molecule has 2 aliphatic heterocycles. The molecule has 25 heavy (non-hydrogen) atoms. The van der Waals surface area contributed by atoms with Gasteiger partial charge in [-0.05, 0) is 17.0 Å². The van der Waals surface area contributed by atoms with Crippen LogP contribution in [0, 0.1) is 0 Å². The molecule has 0 aliphatic carbocycles. The molecule has 1 spiro atoms.